The number of ether oxygens (including phenoxy) is 2. The first-order valence-corrected chi connectivity index (χ1v) is 9.30. The van der Waals surface area contributed by atoms with Crippen LogP contribution in [0.3, 0.4) is 0 Å². The number of aryl methyl sites for hydroxylation is 2. The van der Waals surface area contributed by atoms with Crippen molar-refractivity contribution >= 4 is 5.82 Å². The Hall–Kier alpha value is -3.16. The Balaban J connectivity index is 1.31. The van der Waals surface area contributed by atoms with Crippen molar-refractivity contribution in [1.82, 2.24) is 24.7 Å². The smallest absolute Gasteiger partial charge is 0.218 e. The molecule has 2 atom stereocenters. The van der Waals surface area contributed by atoms with Gasteiger partial charge in [-0.2, -0.15) is 10.1 Å². The highest BCUT2D eigenvalue weighted by Crippen LogP contribution is 2.46. The molecule has 1 saturated carbocycles. The molecule has 8 nitrogen and oxygen atoms in total. The molecule has 2 unspecified atom stereocenters. The fourth-order valence-electron chi connectivity index (χ4n) is 3.18. The van der Waals surface area contributed by atoms with E-state index in [9.17, 15) is 0 Å². The first kappa shape index (κ1) is 18.2. The first-order chi connectivity index (χ1) is 13.6. The number of aromatic nitrogens is 5. The minimum absolute atomic E-state index is 0.442. The molecule has 1 N–H and O–H groups in total. The molecule has 0 saturated heterocycles. The lowest BCUT2D eigenvalue weighted by molar-refractivity contribution is 0.284. The van der Waals surface area contributed by atoms with Gasteiger partial charge in [-0.15, -0.1) is 0 Å². The van der Waals surface area contributed by atoms with Gasteiger partial charge in [0.25, 0.3) is 0 Å². The van der Waals surface area contributed by atoms with E-state index in [0.717, 1.165) is 29.2 Å². The zero-order chi connectivity index (χ0) is 19.5. The summed E-state index contributed by atoms with van der Waals surface area (Å²) in [5, 5.41) is 7.47. The SMILES string of the molecule is COc1ccc(C2CC2COc2cc(NCc3cnn(C)c3)nc(C)n2)nc1. The molecule has 0 spiro atoms. The van der Waals surface area contributed by atoms with E-state index in [2.05, 4.69) is 25.4 Å². The predicted octanol–water partition coefficient (Wildman–Crippen LogP) is 2.72. The number of hydrogen-bond donors (Lipinski definition) is 1. The van der Waals surface area contributed by atoms with Gasteiger partial charge < -0.3 is 14.8 Å². The molecule has 0 bridgehead atoms. The Morgan fingerprint density at radius 1 is 1.25 bits per heavy atom. The molecule has 3 aromatic rings. The van der Waals surface area contributed by atoms with Gasteiger partial charge in [0.2, 0.25) is 5.88 Å². The lowest BCUT2D eigenvalue weighted by atomic mass is 10.2. The van der Waals surface area contributed by atoms with E-state index >= 15 is 0 Å². The van der Waals surface area contributed by atoms with Crippen LogP contribution >= 0.6 is 0 Å². The third kappa shape index (κ3) is 4.39. The summed E-state index contributed by atoms with van der Waals surface area (Å²) < 4.78 is 12.9. The Bertz CT molecular complexity index is 940. The van der Waals surface area contributed by atoms with Crippen LogP contribution in [0.2, 0.25) is 0 Å². The van der Waals surface area contributed by atoms with Crippen molar-refractivity contribution in [3.8, 4) is 11.6 Å². The maximum Gasteiger partial charge on any atom is 0.218 e. The summed E-state index contributed by atoms with van der Waals surface area (Å²) >= 11 is 0. The molecule has 0 aromatic carbocycles. The molecular weight excluding hydrogens is 356 g/mol. The van der Waals surface area contributed by atoms with E-state index < -0.39 is 0 Å². The van der Waals surface area contributed by atoms with E-state index in [-0.39, 0.29) is 0 Å². The number of pyridine rings is 1. The Morgan fingerprint density at radius 2 is 2.14 bits per heavy atom. The molecule has 0 aliphatic heterocycles. The third-order valence-electron chi connectivity index (χ3n) is 4.79. The molecule has 4 rings (SSSR count). The predicted molar refractivity (Wildman–Crippen MR) is 104 cm³/mol. The Labute approximate surface area is 164 Å². The Morgan fingerprint density at radius 3 is 2.86 bits per heavy atom. The summed E-state index contributed by atoms with van der Waals surface area (Å²) in [5.41, 5.74) is 2.18. The van der Waals surface area contributed by atoms with Crippen LogP contribution in [-0.2, 0) is 13.6 Å². The lowest BCUT2D eigenvalue weighted by Crippen LogP contribution is -2.07. The molecule has 146 valence electrons. The maximum atomic E-state index is 5.94. The normalized spacial score (nSPS) is 18.0. The van der Waals surface area contributed by atoms with Crippen molar-refractivity contribution in [3.63, 3.8) is 0 Å². The second-order valence-electron chi connectivity index (χ2n) is 7.05. The summed E-state index contributed by atoms with van der Waals surface area (Å²) in [6.45, 7) is 3.14. The van der Waals surface area contributed by atoms with Crippen LogP contribution in [0.15, 0.2) is 36.8 Å². The highest BCUT2D eigenvalue weighted by atomic mass is 16.5. The van der Waals surface area contributed by atoms with E-state index in [0.29, 0.717) is 36.7 Å². The molecule has 1 aliphatic rings. The number of methoxy groups -OCH3 is 1. The highest BCUT2D eigenvalue weighted by Gasteiger charge is 2.40. The Kier molecular flexibility index (Phi) is 5.10. The van der Waals surface area contributed by atoms with Crippen molar-refractivity contribution in [2.45, 2.75) is 25.8 Å². The summed E-state index contributed by atoms with van der Waals surface area (Å²) in [6.07, 6.45) is 6.65. The van der Waals surface area contributed by atoms with Crippen LogP contribution in [0.5, 0.6) is 11.6 Å². The van der Waals surface area contributed by atoms with Crippen molar-refractivity contribution in [2.24, 2.45) is 13.0 Å². The van der Waals surface area contributed by atoms with Crippen molar-refractivity contribution in [3.05, 3.63) is 53.9 Å². The van der Waals surface area contributed by atoms with Crippen LogP contribution in [0, 0.1) is 12.8 Å². The second-order valence-corrected chi connectivity index (χ2v) is 7.05. The monoisotopic (exact) mass is 380 g/mol. The van der Waals surface area contributed by atoms with Crippen LogP contribution in [0.1, 0.15) is 29.4 Å². The zero-order valence-corrected chi connectivity index (χ0v) is 16.3. The van der Waals surface area contributed by atoms with E-state index in [4.69, 9.17) is 9.47 Å². The molecule has 28 heavy (non-hydrogen) atoms. The number of nitrogens with zero attached hydrogens (tertiary/aromatic N) is 5. The number of rotatable bonds is 8. The molecule has 3 aromatic heterocycles. The van der Waals surface area contributed by atoms with Gasteiger partial charge in [0, 0.05) is 48.9 Å². The van der Waals surface area contributed by atoms with Gasteiger partial charge in [0.1, 0.15) is 17.4 Å². The van der Waals surface area contributed by atoms with Gasteiger partial charge in [0.05, 0.1) is 26.1 Å². The fraction of sp³-hybridized carbons (Fsp3) is 0.400. The number of hydrogen-bond acceptors (Lipinski definition) is 7. The second kappa shape index (κ2) is 7.84. The fourth-order valence-corrected chi connectivity index (χ4v) is 3.18. The largest absolute Gasteiger partial charge is 0.495 e. The number of nitrogens with one attached hydrogen (secondary N) is 1. The average molecular weight is 380 g/mol. The summed E-state index contributed by atoms with van der Waals surface area (Å²) in [6, 6.07) is 5.82. The average Bonchev–Trinajstić information content (AvgIpc) is 3.36. The van der Waals surface area contributed by atoms with Gasteiger partial charge in [-0.05, 0) is 25.5 Å². The van der Waals surface area contributed by atoms with Crippen molar-refractivity contribution in [1.29, 1.82) is 0 Å². The van der Waals surface area contributed by atoms with Gasteiger partial charge in [-0.1, -0.05) is 0 Å². The molecule has 1 aliphatic carbocycles. The molecular formula is C20H24N6O2. The van der Waals surface area contributed by atoms with Crippen LogP contribution in [-0.4, -0.2) is 38.4 Å². The topological polar surface area (TPSA) is 87.0 Å². The molecule has 0 amide bonds. The maximum absolute atomic E-state index is 5.94. The van der Waals surface area contributed by atoms with Gasteiger partial charge in [-0.25, -0.2) is 4.98 Å². The third-order valence-corrected chi connectivity index (χ3v) is 4.79. The quantitative estimate of drug-likeness (QED) is 0.643. The van der Waals surface area contributed by atoms with E-state index in [1.807, 2.05) is 44.6 Å². The van der Waals surface area contributed by atoms with Gasteiger partial charge in [-0.3, -0.25) is 9.67 Å². The van der Waals surface area contributed by atoms with E-state index in [1.54, 1.807) is 18.0 Å². The van der Waals surface area contributed by atoms with Crippen LogP contribution < -0.4 is 14.8 Å². The molecule has 8 heteroatoms. The number of anilines is 1. The lowest BCUT2D eigenvalue weighted by Gasteiger charge is -2.09. The zero-order valence-electron chi connectivity index (χ0n) is 16.3. The first-order valence-electron chi connectivity index (χ1n) is 9.30. The standard InChI is InChI=1S/C20H24N6O2/c1-13-24-19(22-8-14-9-23-26(2)11-14)7-20(25-13)28-12-15-6-17(15)18-5-4-16(27-3)10-21-18/h4-5,7,9-11,15,17H,6,8,12H2,1-3H3,(H,22,24,25). The minimum atomic E-state index is 0.442. The minimum Gasteiger partial charge on any atom is -0.495 e. The summed E-state index contributed by atoms with van der Waals surface area (Å²) in [4.78, 5) is 13.3. The van der Waals surface area contributed by atoms with Crippen molar-refractivity contribution in [2.75, 3.05) is 19.0 Å². The van der Waals surface area contributed by atoms with Crippen molar-refractivity contribution < 1.29 is 9.47 Å². The molecule has 3 heterocycles. The van der Waals surface area contributed by atoms with Gasteiger partial charge >= 0.3 is 0 Å². The summed E-state index contributed by atoms with van der Waals surface area (Å²) in [7, 11) is 3.55. The van der Waals surface area contributed by atoms with Crippen LogP contribution in [0.4, 0.5) is 5.82 Å². The molecule has 1 fully saturated rings. The highest BCUT2D eigenvalue weighted by molar-refractivity contribution is 5.39. The van der Waals surface area contributed by atoms with Crippen LogP contribution in [0.25, 0.3) is 0 Å². The van der Waals surface area contributed by atoms with E-state index in [1.165, 1.54) is 0 Å². The molecule has 0 radical (unpaired) electrons. The summed E-state index contributed by atoms with van der Waals surface area (Å²) in [5.74, 6) is 3.69. The van der Waals surface area contributed by atoms with Gasteiger partial charge in [0.15, 0.2) is 0 Å².